The molecule has 30 heavy (non-hydrogen) atoms. The molecule has 1 N–H and O–H groups in total. The normalized spacial score (nSPS) is 11.6. The van der Waals surface area contributed by atoms with Gasteiger partial charge in [0.15, 0.2) is 28.8 Å². The van der Waals surface area contributed by atoms with Crippen LogP contribution < -0.4 is 4.90 Å². The fraction of sp³-hybridized carbons (Fsp3) is 0.381. The Morgan fingerprint density at radius 1 is 1.03 bits per heavy atom. The smallest absolute Gasteiger partial charge is 0.356 e. The lowest BCUT2D eigenvalue weighted by Crippen LogP contribution is -2.33. The molecule has 0 spiro atoms. The Balaban J connectivity index is 2.26. The third-order valence-corrected chi connectivity index (χ3v) is 4.40. The van der Waals surface area contributed by atoms with Crippen LogP contribution in [0, 0.1) is 29.3 Å². The number of hydrogen-bond donors (Lipinski definition) is 1. The molecule has 0 aliphatic heterocycles. The van der Waals surface area contributed by atoms with Crippen LogP contribution >= 0.6 is 0 Å². The van der Waals surface area contributed by atoms with E-state index in [2.05, 4.69) is 10.1 Å². The van der Waals surface area contributed by atoms with Crippen molar-refractivity contribution in [1.29, 1.82) is 0 Å². The van der Waals surface area contributed by atoms with E-state index in [1.165, 1.54) is 10.6 Å². The topological polar surface area (TPSA) is 70.7 Å². The van der Waals surface area contributed by atoms with Gasteiger partial charge in [-0.2, -0.15) is 9.61 Å². The highest BCUT2D eigenvalue weighted by Gasteiger charge is 2.21. The van der Waals surface area contributed by atoms with Crippen LogP contribution in [0.25, 0.3) is 16.9 Å². The summed E-state index contributed by atoms with van der Waals surface area (Å²) in [5.74, 6) is -4.32. The number of anilines is 1. The van der Waals surface area contributed by atoms with E-state index in [-0.39, 0.29) is 34.4 Å². The third kappa shape index (κ3) is 4.39. The summed E-state index contributed by atoms with van der Waals surface area (Å²) in [6, 6.07) is 4.60. The number of fused-ring (bicyclic) bond motifs is 1. The number of rotatable bonds is 7. The van der Waals surface area contributed by atoms with E-state index in [4.69, 9.17) is 0 Å². The van der Waals surface area contributed by atoms with Crippen molar-refractivity contribution in [1.82, 2.24) is 14.6 Å². The highest BCUT2D eigenvalue weighted by Crippen LogP contribution is 2.28. The average molecular weight is 420 g/mol. The number of carboxylic acids is 1. The first-order valence-corrected chi connectivity index (χ1v) is 9.60. The van der Waals surface area contributed by atoms with Crippen LogP contribution in [0.3, 0.4) is 0 Å². The molecule has 2 heterocycles. The molecule has 0 aliphatic rings. The minimum Gasteiger partial charge on any atom is -0.476 e. The van der Waals surface area contributed by atoms with E-state index < -0.39 is 23.4 Å². The fourth-order valence-corrected chi connectivity index (χ4v) is 3.28. The summed E-state index contributed by atoms with van der Waals surface area (Å²) < 4.78 is 42.4. The highest BCUT2D eigenvalue weighted by atomic mass is 19.2. The molecule has 9 heteroatoms. The number of nitrogens with zero attached hydrogens (tertiary/aromatic N) is 4. The van der Waals surface area contributed by atoms with Gasteiger partial charge in [-0.05, 0) is 24.0 Å². The molecule has 0 saturated carbocycles. The van der Waals surface area contributed by atoms with Crippen molar-refractivity contribution in [2.24, 2.45) is 11.8 Å². The van der Waals surface area contributed by atoms with Crippen molar-refractivity contribution in [3.8, 4) is 11.3 Å². The second-order valence-corrected chi connectivity index (χ2v) is 8.05. The van der Waals surface area contributed by atoms with Gasteiger partial charge in [0, 0.05) is 30.8 Å². The predicted molar refractivity (Wildman–Crippen MR) is 107 cm³/mol. The van der Waals surface area contributed by atoms with Gasteiger partial charge >= 0.3 is 5.97 Å². The van der Waals surface area contributed by atoms with Crippen LogP contribution in [0.5, 0.6) is 0 Å². The quantitative estimate of drug-likeness (QED) is 0.565. The van der Waals surface area contributed by atoms with Gasteiger partial charge in [-0.25, -0.2) is 22.9 Å². The van der Waals surface area contributed by atoms with Gasteiger partial charge in [0.25, 0.3) is 0 Å². The summed E-state index contributed by atoms with van der Waals surface area (Å²) in [6.45, 7) is 9.47. The Labute approximate surface area is 172 Å². The molecule has 1 aromatic carbocycles. The van der Waals surface area contributed by atoms with Gasteiger partial charge in [0.05, 0.1) is 5.69 Å². The molecule has 0 fully saturated rings. The maximum Gasteiger partial charge on any atom is 0.356 e. The maximum absolute atomic E-state index is 13.8. The fourth-order valence-electron chi connectivity index (χ4n) is 3.28. The number of aromatic carboxylic acids is 1. The minimum atomic E-state index is -1.56. The lowest BCUT2D eigenvalue weighted by Gasteiger charge is -2.29. The van der Waals surface area contributed by atoms with E-state index in [9.17, 15) is 23.1 Å². The lowest BCUT2D eigenvalue weighted by atomic mass is 10.1. The summed E-state index contributed by atoms with van der Waals surface area (Å²) >= 11 is 0. The number of halogens is 3. The Bertz CT molecular complexity index is 1060. The van der Waals surface area contributed by atoms with Crippen molar-refractivity contribution in [3.63, 3.8) is 0 Å². The third-order valence-electron chi connectivity index (χ3n) is 4.40. The molecule has 0 aliphatic carbocycles. The van der Waals surface area contributed by atoms with Crippen molar-refractivity contribution in [3.05, 3.63) is 47.4 Å². The van der Waals surface area contributed by atoms with Gasteiger partial charge in [-0.3, -0.25) is 0 Å². The van der Waals surface area contributed by atoms with Crippen LogP contribution in [-0.4, -0.2) is 38.8 Å². The van der Waals surface area contributed by atoms with Gasteiger partial charge < -0.3 is 10.0 Å². The van der Waals surface area contributed by atoms with Crippen LogP contribution in [0.15, 0.2) is 24.3 Å². The first-order chi connectivity index (χ1) is 14.1. The molecular weight excluding hydrogens is 397 g/mol. The summed E-state index contributed by atoms with van der Waals surface area (Å²) in [7, 11) is 0. The van der Waals surface area contributed by atoms with Crippen LogP contribution in [-0.2, 0) is 0 Å². The van der Waals surface area contributed by atoms with Gasteiger partial charge in [0.2, 0.25) is 0 Å². The molecule has 0 radical (unpaired) electrons. The van der Waals surface area contributed by atoms with Gasteiger partial charge in [0.1, 0.15) is 5.82 Å². The summed E-state index contributed by atoms with van der Waals surface area (Å²) in [5, 5.41) is 13.5. The molecular formula is C21H23F3N4O2. The number of benzene rings is 1. The largest absolute Gasteiger partial charge is 0.476 e. The van der Waals surface area contributed by atoms with Crippen molar-refractivity contribution < 1.29 is 23.1 Å². The maximum atomic E-state index is 13.8. The van der Waals surface area contributed by atoms with Gasteiger partial charge in [-0.15, -0.1) is 0 Å². The first kappa shape index (κ1) is 21.6. The molecule has 0 bridgehead atoms. The summed E-state index contributed by atoms with van der Waals surface area (Å²) in [5.41, 5.74) is 0.237. The SMILES string of the molecule is CC(C)CN(CC(C)C)c1cc(-c2cc(F)c(F)c(F)c2)nc2cc(C(=O)O)nn12. The van der Waals surface area contributed by atoms with E-state index in [1.54, 1.807) is 6.07 Å². The van der Waals surface area contributed by atoms with Gasteiger partial charge in [-0.1, -0.05) is 27.7 Å². The number of carbonyl (C=O) groups is 1. The van der Waals surface area contributed by atoms with Crippen molar-refractivity contribution >= 4 is 17.4 Å². The number of hydrogen-bond acceptors (Lipinski definition) is 4. The molecule has 0 amide bonds. The Morgan fingerprint density at radius 3 is 2.10 bits per heavy atom. The van der Waals surface area contributed by atoms with E-state index in [1.807, 2.05) is 32.6 Å². The summed E-state index contributed by atoms with van der Waals surface area (Å²) in [4.78, 5) is 17.8. The molecule has 0 saturated heterocycles. The van der Waals surface area contributed by atoms with Crippen LogP contribution in [0.2, 0.25) is 0 Å². The second-order valence-electron chi connectivity index (χ2n) is 8.05. The van der Waals surface area contributed by atoms with Crippen LogP contribution in [0.1, 0.15) is 38.2 Å². The Morgan fingerprint density at radius 2 is 1.60 bits per heavy atom. The summed E-state index contributed by atoms with van der Waals surface area (Å²) in [6.07, 6.45) is 0. The lowest BCUT2D eigenvalue weighted by molar-refractivity contribution is 0.0690. The van der Waals surface area contributed by atoms with Crippen molar-refractivity contribution in [2.45, 2.75) is 27.7 Å². The first-order valence-electron chi connectivity index (χ1n) is 9.60. The molecule has 0 unspecified atom stereocenters. The predicted octanol–water partition coefficient (Wildman–Crippen LogP) is 4.63. The molecule has 2 aromatic heterocycles. The molecule has 3 aromatic rings. The van der Waals surface area contributed by atoms with Crippen molar-refractivity contribution in [2.75, 3.05) is 18.0 Å². The minimum absolute atomic E-state index is 0.0438. The Kier molecular flexibility index (Phi) is 6.00. The Hall–Kier alpha value is -3.10. The number of aromatic nitrogens is 3. The molecule has 6 nitrogen and oxygen atoms in total. The van der Waals surface area contributed by atoms with E-state index in [0.717, 1.165) is 12.1 Å². The zero-order valence-corrected chi connectivity index (χ0v) is 17.2. The average Bonchev–Trinajstić information content (AvgIpc) is 3.08. The molecule has 3 rings (SSSR count). The van der Waals surface area contributed by atoms with Crippen LogP contribution in [0.4, 0.5) is 19.0 Å². The monoisotopic (exact) mass is 420 g/mol. The number of carboxylic acid groups (broad SMARTS) is 1. The second kappa shape index (κ2) is 8.33. The zero-order chi connectivity index (χ0) is 22.2. The highest BCUT2D eigenvalue weighted by molar-refractivity contribution is 5.87. The zero-order valence-electron chi connectivity index (χ0n) is 17.2. The molecule has 160 valence electrons. The van der Waals surface area contributed by atoms with E-state index >= 15 is 0 Å². The standard InChI is InChI=1S/C21H23F3N4O2/c1-11(2)9-27(10-12(3)4)19-8-16(13-5-14(22)20(24)15(23)6-13)25-18-7-17(21(29)30)26-28(18)19/h5-8,11-12H,9-10H2,1-4H3,(H,29,30). The molecule has 0 atom stereocenters. The van der Waals surface area contributed by atoms with E-state index in [0.29, 0.717) is 18.9 Å².